The smallest absolute Gasteiger partial charge is 0.116 e. The van der Waals surface area contributed by atoms with Gasteiger partial charge in [0.15, 0.2) is 0 Å². The number of benzene rings is 1. The van der Waals surface area contributed by atoms with Crippen molar-refractivity contribution in [3.05, 3.63) is 39.9 Å². The zero-order chi connectivity index (χ0) is 12.5. The van der Waals surface area contributed by atoms with Gasteiger partial charge in [0.25, 0.3) is 0 Å². The van der Waals surface area contributed by atoms with Gasteiger partial charge >= 0.3 is 0 Å². The highest BCUT2D eigenvalue weighted by Gasteiger charge is 2.10. The third-order valence-corrected chi connectivity index (χ3v) is 4.68. The summed E-state index contributed by atoms with van der Waals surface area (Å²) >= 11 is 8.90. The Labute approximate surface area is 118 Å². The lowest BCUT2D eigenvalue weighted by Crippen LogP contribution is -2.05. The molecule has 0 bridgehead atoms. The summed E-state index contributed by atoms with van der Waals surface area (Å²) in [6.45, 7) is 2.07. The molecule has 0 saturated heterocycles. The van der Waals surface area contributed by atoms with Gasteiger partial charge in [0.05, 0.1) is 16.9 Å². The lowest BCUT2D eigenvalue weighted by atomic mass is 10.2. The fourth-order valence-corrected chi connectivity index (χ4v) is 3.30. The summed E-state index contributed by atoms with van der Waals surface area (Å²) in [7, 11) is 0. The second kappa shape index (κ2) is 4.84. The van der Waals surface area contributed by atoms with Crippen LogP contribution in [0.25, 0.3) is 10.1 Å². The number of thiazole rings is 1. The summed E-state index contributed by atoms with van der Waals surface area (Å²) in [6, 6.07) is 6.39. The quantitative estimate of drug-likeness (QED) is 0.768. The molecule has 3 aromatic rings. The molecule has 0 spiro atoms. The summed E-state index contributed by atoms with van der Waals surface area (Å²) in [5.41, 5.74) is 1.07. The molecule has 0 amide bonds. The Balaban J connectivity index is 1.83. The number of fused-ring (bicyclic) bond motifs is 1. The van der Waals surface area contributed by atoms with E-state index in [1.807, 2.05) is 6.20 Å². The van der Waals surface area contributed by atoms with Crippen LogP contribution in [0.5, 0.6) is 0 Å². The molecule has 1 atom stereocenters. The first-order valence-electron chi connectivity index (χ1n) is 5.44. The van der Waals surface area contributed by atoms with Gasteiger partial charge in [-0.2, -0.15) is 4.37 Å². The molecular weight excluding hydrogens is 286 g/mol. The number of nitrogens with zero attached hydrogens (tertiary/aromatic N) is 2. The molecule has 3 nitrogen and oxygen atoms in total. The first-order valence-corrected chi connectivity index (χ1v) is 7.41. The van der Waals surface area contributed by atoms with Crippen molar-refractivity contribution in [2.75, 3.05) is 5.32 Å². The van der Waals surface area contributed by atoms with Gasteiger partial charge in [-0.05, 0) is 36.7 Å². The van der Waals surface area contributed by atoms with E-state index in [1.165, 1.54) is 27.6 Å². The van der Waals surface area contributed by atoms with Gasteiger partial charge in [-0.3, -0.25) is 0 Å². The van der Waals surface area contributed by atoms with E-state index in [0.717, 1.165) is 20.4 Å². The topological polar surface area (TPSA) is 37.8 Å². The van der Waals surface area contributed by atoms with E-state index in [1.54, 1.807) is 6.20 Å². The molecule has 6 heteroatoms. The Morgan fingerprint density at radius 2 is 2.22 bits per heavy atom. The van der Waals surface area contributed by atoms with E-state index in [9.17, 15) is 0 Å². The Bertz CT molecular complexity index is 677. The molecule has 0 aliphatic carbocycles. The van der Waals surface area contributed by atoms with Crippen molar-refractivity contribution in [1.82, 2.24) is 9.36 Å². The van der Waals surface area contributed by atoms with E-state index in [4.69, 9.17) is 11.6 Å². The molecule has 1 aromatic carbocycles. The van der Waals surface area contributed by atoms with Crippen LogP contribution in [0.3, 0.4) is 0 Å². The Morgan fingerprint density at radius 1 is 1.33 bits per heavy atom. The molecule has 0 fully saturated rings. The largest absolute Gasteiger partial charge is 0.376 e. The minimum absolute atomic E-state index is 0.145. The highest BCUT2D eigenvalue weighted by atomic mass is 35.5. The Kier molecular flexibility index (Phi) is 3.20. The predicted octanol–water partition coefficient (Wildman–Crippen LogP) is 4.58. The SMILES string of the molecule is CC(Nc1ccc2sncc2c1)c1ncc(Cl)s1. The molecule has 0 radical (unpaired) electrons. The molecule has 0 saturated carbocycles. The van der Waals surface area contributed by atoms with Crippen molar-refractivity contribution < 1.29 is 0 Å². The number of nitrogens with one attached hydrogen (secondary N) is 1. The molecule has 2 heterocycles. The van der Waals surface area contributed by atoms with Gasteiger partial charge < -0.3 is 5.32 Å². The summed E-state index contributed by atoms with van der Waals surface area (Å²) in [5.74, 6) is 0. The standard InChI is InChI=1S/C12H10ClN3S2/c1-7(12-14-6-11(13)17-12)16-9-2-3-10-8(4-9)5-15-18-10/h2-7,16H,1H3. The molecule has 1 N–H and O–H groups in total. The number of aromatic nitrogens is 2. The number of halogens is 1. The molecule has 3 rings (SSSR count). The maximum Gasteiger partial charge on any atom is 0.116 e. The lowest BCUT2D eigenvalue weighted by Gasteiger charge is -2.12. The van der Waals surface area contributed by atoms with Crippen LogP contribution in [0.4, 0.5) is 5.69 Å². The van der Waals surface area contributed by atoms with Gasteiger partial charge in [-0.25, -0.2) is 4.98 Å². The monoisotopic (exact) mass is 295 g/mol. The van der Waals surface area contributed by atoms with E-state index >= 15 is 0 Å². The summed E-state index contributed by atoms with van der Waals surface area (Å²) in [6.07, 6.45) is 3.57. The van der Waals surface area contributed by atoms with Crippen molar-refractivity contribution in [2.24, 2.45) is 0 Å². The highest BCUT2D eigenvalue weighted by Crippen LogP contribution is 2.28. The minimum atomic E-state index is 0.145. The molecule has 18 heavy (non-hydrogen) atoms. The zero-order valence-electron chi connectivity index (χ0n) is 9.55. The van der Waals surface area contributed by atoms with Crippen LogP contribution >= 0.6 is 34.5 Å². The molecule has 2 aromatic heterocycles. The zero-order valence-corrected chi connectivity index (χ0v) is 11.9. The van der Waals surface area contributed by atoms with Crippen molar-refractivity contribution in [2.45, 2.75) is 13.0 Å². The van der Waals surface area contributed by atoms with Crippen molar-refractivity contribution in [1.29, 1.82) is 0 Å². The van der Waals surface area contributed by atoms with E-state index in [-0.39, 0.29) is 6.04 Å². The first kappa shape index (κ1) is 11.9. The van der Waals surface area contributed by atoms with E-state index in [0.29, 0.717) is 0 Å². The third kappa shape index (κ3) is 2.34. The number of rotatable bonds is 3. The molecule has 92 valence electrons. The molecular formula is C12H10ClN3S2. The molecule has 1 unspecified atom stereocenters. The molecule has 0 aliphatic heterocycles. The Hall–Kier alpha value is -1.17. The van der Waals surface area contributed by atoms with Crippen LogP contribution < -0.4 is 5.32 Å². The van der Waals surface area contributed by atoms with Gasteiger partial charge in [0.1, 0.15) is 9.34 Å². The van der Waals surface area contributed by atoms with Gasteiger partial charge in [-0.15, -0.1) is 11.3 Å². The Morgan fingerprint density at radius 3 is 3.00 bits per heavy atom. The van der Waals surface area contributed by atoms with Gasteiger partial charge in [0, 0.05) is 17.3 Å². The maximum atomic E-state index is 5.89. The average molecular weight is 296 g/mol. The lowest BCUT2D eigenvalue weighted by molar-refractivity contribution is 0.870. The number of hydrogen-bond donors (Lipinski definition) is 1. The fraction of sp³-hybridized carbons (Fsp3) is 0.167. The number of anilines is 1. The van der Waals surface area contributed by atoms with Crippen molar-refractivity contribution in [3.8, 4) is 0 Å². The second-order valence-electron chi connectivity index (χ2n) is 3.95. The number of hydrogen-bond acceptors (Lipinski definition) is 5. The van der Waals surface area contributed by atoms with E-state index in [2.05, 4.69) is 39.8 Å². The van der Waals surface area contributed by atoms with Crippen LogP contribution in [0.15, 0.2) is 30.6 Å². The van der Waals surface area contributed by atoms with Crippen molar-refractivity contribution >= 4 is 50.2 Å². The third-order valence-electron chi connectivity index (χ3n) is 2.60. The fourth-order valence-electron chi connectivity index (χ4n) is 1.74. The summed E-state index contributed by atoms with van der Waals surface area (Å²) in [5, 5.41) is 5.57. The summed E-state index contributed by atoms with van der Waals surface area (Å²) < 4.78 is 6.09. The highest BCUT2D eigenvalue weighted by molar-refractivity contribution is 7.15. The van der Waals surface area contributed by atoms with Crippen LogP contribution in [-0.2, 0) is 0 Å². The van der Waals surface area contributed by atoms with Crippen LogP contribution in [-0.4, -0.2) is 9.36 Å². The second-order valence-corrected chi connectivity index (χ2v) is 6.47. The normalized spacial score (nSPS) is 12.8. The van der Waals surface area contributed by atoms with Gasteiger partial charge in [0.2, 0.25) is 0 Å². The summed E-state index contributed by atoms with van der Waals surface area (Å²) in [4.78, 5) is 4.28. The van der Waals surface area contributed by atoms with Gasteiger partial charge in [-0.1, -0.05) is 11.6 Å². The predicted molar refractivity (Wildman–Crippen MR) is 78.8 cm³/mol. The maximum absolute atomic E-state index is 5.89. The first-order chi connectivity index (χ1) is 8.72. The van der Waals surface area contributed by atoms with Crippen LogP contribution in [0.1, 0.15) is 18.0 Å². The molecule has 0 aliphatic rings. The van der Waals surface area contributed by atoms with E-state index < -0.39 is 0 Å². The van der Waals surface area contributed by atoms with Crippen LogP contribution in [0.2, 0.25) is 4.34 Å². The minimum Gasteiger partial charge on any atom is -0.376 e. The average Bonchev–Trinajstić information content (AvgIpc) is 2.96. The van der Waals surface area contributed by atoms with Crippen LogP contribution in [0, 0.1) is 0 Å². The van der Waals surface area contributed by atoms with Crippen molar-refractivity contribution in [3.63, 3.8) is 0 Å².